The summed E-state index contributed by atoms with van der Waals surface area (Å²) < 4.78 is 26.6. The van der Waals surface area contributed by atoms with Gasteiger partial charge in [0.05, 0.1) is 11.4 Å². The number of nitrogens with zero attached hydrogens (tertiary/aromatic N) is 1. The van der Waals surface area contributed by atoms with E-state index in [1.54, 1.807) is 6.92 Å². The third-order valence-corrected chi connectivity index (χ3v) is 3.10. The molecule has 0 aliphatic carbocycles. The predicted molar refractivity (Wildman–Crippen MR) is 56.4 cm³/mol. The van der Waals surface area contributed by atoms with E-state index < -0.39 is 21.6 Å². The molecule has 3 N–H and O–H groups in total. The Kier molecular flexibility index (Phi) is 3.89. The number of ether oxygens (including phenoxy) is 1. The summed E-state index contributed by atoms with van der Waals surface area (Å²) >= 11 is 0. The Bertz CT molecular complexity index is 361. The summed E-state index contributed by atoms with van der Waals surface area (Å²) in [4.78, 5) is 12.1. The molecular weight excluding hydrogens is 236 g/mol. The minimum absolute atomic E-state index is 0.0952. The number of aliphatic carboxylic acids is 1. The monoisotopic (exact) mass is 252 g/mol. The van der Waals surface area contributed by atoms with E-state index in [9.17, 15) is 13.2 Å². The van der Waals surface area contributed by atoms with E-state index in [1.165, 1.54) is 0 Å². The molecule has 1 aliphatic heterocycles. The molecule has 0 amide bonds. The second-order valence-electron chi connectivity index (χ2n) is 4.21. The Hall–Kier alpha value is -0.700. The maximum Gasteiger partial charge on any atom is 0.329 e. The number of carbonyl (C=O) groups is 1. The molecule has 0 aromatic heterocycles. The Morgan fingerprint density at radius 2 is 2.12 bits per heavy atom. The van der Waals surface area contributed by atoms with Crippen LogP contribution in [0.5, 0.6) is 0 Å². The highest BCUT2D eigenvalue weighted by molar-refractivity contribution is 7.89. The van der Waals surface area contributed by atoms with Crippen LogP contribution in [0.25, 0.3) is 0 Å². The van der Waals surface area contributed by atoms with Crippen molar-refractivity contribution in [3.63, 3.8) is 0 Å². The third-order valence-electron chi connectivity index (χ3n) is 2.35. The van der Waals surface area contributed by atoms with Crippen LogP contribution in [-0.4, -0.2) is 62.0 Å². The largest absolute Gasteiger partial charge is 0.480 e. The van der Waals surface area contributed by atoms with Gasteiger partial charge in [0.2, 0.25) is 10.0 Å². The van der Waals surface area contributed by atoms with Gasteiger partial charge in [0.1, 0.15) is 6.61 Å². The topological polar surface area (TPSA) is 110 Å². The number of rotatable bonds is 6. The Morgan fingerprint density at radius 3 is 2.56 bits per heavy atom. The van der Waals surface area contributed by atoms with Gasteiger partial charge in [0.25, 0.3) is 0 Å². The van der Waals surface area contributed by atoms with Gasteiger partial charge < -0.3 is 9.84 Å². The molecule has 0 atom stereocenters. The normalized spacial score (nSPS) is 20.4. The van der Waals surface area contributed by atoms with Crippen molar-refractivity contribution in [2.45, 2.75) is 12.5 Å². The lowest BCUT2D eigenvalue weighted by atomic mass is 9.97. The van der Waals surface area contributed by atoms with E-state index >= 15 is 0 Å². The van der Waals surface area contributed by atoms with Gasteiger partial charge in [-0.25, -0.2) is 18.4 Å². The summed E-state index contributed by atoms with van der Waals surface area (Å²) in [6, 6.07) is 0. The molecule has 1 heterocycles. The maximum atomic E-state index is 10.7. The molecular formula is C8H16N2O5S. The number of nitrogens with two attached hydrogens (primary N) is 1. The van der Waals surface area contributed by atoms with Crippen molar-refractivity contribution in [2.75, 3.05) is 32.0 Å². The molecule has 1 saturated heterocycles. The van der Waals surface area contributed by atoms with Crippen molar-refractivity contribution in [3.8, 4) is 0 Å². The van der Waals surface area contributed by atoms with Crippen LogP contribution in [0.2, 0.25) is 0 Å². The average molecular weight is 252 g/mol. The van der Waals surface area contributed by atoms with Crippen LogP contribution < -0.4 is 5.14 Å². The molecule has 0 spiro atoms. The van der Waals surface area contributed by atoms with Gasteiger partial charge in [-0.15, -0.1) is 0 Å². The SMILES string of the molecule is CC1(OCC(=O)O)CN(CCS(N)(=O)=O)C1. The van der Waals surface area contributed by atoms with E-state index in [-0.39, 0.29) is 12.4 Å². The zero-order chi connectivity index (χ0) is 12.4. The molecule has 0 bridgehead atoms. The van der Waals surface area contributed by atoms with Crippen molar-refractivity contribution in [3.05, 3.63) is 0 Å². The first kappa shape index (κ1) is 13.4. The van der Waals surface area contributed by atoms with Crippen LogP contribution in [-0.2, 0) is 19.6 Å². The van der Waals surface area contributed by atoms with Gasteiger partial charge >= 0.3 is 5.97 Å². The van der Waals surface area contributed by atoms with Crippen LogP contribution >= 0.6 is 0 Å². The lowest BCUT2D eigenvalue weighted by molar-refractivity contribution is -0.164. The summed E-state index contributed by atoms with van der Waals surface area (Å²) in [5.41, 5.74) is -0.489. The fraction of sp³-hybridized carbons (Fsp3) is 0.875. The van der Waals surface area contributed by atoms with Crippen LogP contribution in [0.1, 0.15) is 6.92 Å². The van der Waals surface area contributed by atoms with Crippen LogP contribution in [0, 0.1) is 0 Å². The summed E-state index contributed by atoms with van der Waals surface area (Å²) in [5.74, 6) is -1.11. The molecule has 0 unspecified atom stereocenters. The number of likely N-dealkylation sites (tertiary alicyclic amines) is 1. The van der Waals surface area contributed by atoms with Gasteiger partial charge in [-0.1, -0.05) is 0 Å². The molecule has 8 heteroatoms. The smallest absolute Gasteiger partial charge is 0.329 e. The fourth-order valence-electron chi connectivity index (χ4n) is 1.64. The molecule has 0 saturated carbocycles. The van der Waals surface area contributed by atoms with Gasteiger partial charge in [-0.05, 0) is 6.92 Å². The zero-order valence-corrected chi connectivity index (χ0v) is 9.87. The lowest BCUT2D eigenvalue weighted by Crippen LogP contribution is -2.62. The van der Waals surface area contributed by atoms with Crippen LogP contribution in [0.3, 0.4) is 0 Å². The molecule has 0 aromatic carbocycles. The van der Waals surface area contributed by atoms with E-state index in [2.05, 4.69) is 0 Å². The number of carboxylic acids is 1. The average Bonchev–Trinajstić information content (AvgIpc) is 2.06. The lowest BCUT2D eigenvalue weighted by Gasteiger charge is -2.47. The highest BCUT2D eigenvalue weighted by atomic mass is 32.2. The third kappa shape index (κ3) is 4.44. The maximum absolute atomic E-state index is 10.7. The van der Waals surface area contributed by atoms with Crippen molar-refractivity contribution < 1.29 is 23.1 Å². The predicted octanol–water partition coefficient (Wildman–Crippen LogP) is -1.55. The van der Waals surface area contributed by atoms with E-state index in [0.29, 0.717) is 19.6 Å². The second-order valence-corrected chi connectivity index (χ2v) is 5.94. The fourth-order valence-corrected chi connectivity index (χ4v) is 2.15. The van der Waals surface area contributed by atoms with Crippen molar-refractivity contribution in [1.29, 1.82) is 0 Å². The summed E-state index contributed by atoms with van der Waals surface area (Å²) in [6.45, 7) is 2.86. The number of hydrogen-bond acceptors (Lipinski definition) is 5. The van der Waals surface area contributed by atoms with Gasteiger partial charge in [0.15, 0.2) is 0 Å². The number of hydrogen-bond donors (Lipinski definition) is 2. The summed E-state index contributed by atoms with van der Waals surface area (Å²) in [6.07, 6.45) is 0. The van der Waals surface area contributed by atoms with Gasteiger partial charge in [-0.3, -0.25) is 4.90 Å². The Balaban J connectivity index is 2.23. The van der Waals surface area contributed by atoms with Gasteiger partial charge in [0, 0.05) is 19.6 Å². The molecule has 7 nitrogen and oxygen atoms in total. The number of carboxylic acid groups (broad SMARTS) is 1. The molecule has 0 aromatic rings. The Morgan fingerprint density at radius 1 is 1.56 bits per heavy atom. The standard InChI is InChI=1S/C8H16N2O5S/c1-8(15-4-7(11)12)5-10(6-8)2-3-16(9,13)14/h2-6H2,1H3,(H,11,12)(H2,9,13,14). The second kappa shape index (κ2) is 4.66. The van der Waals surface area contributed by atoms with Gasteiger partial charge in [-0.2, -0.15) is 0 Å². The summed E-state index contributed by atoms with van der Waals surface area (Å²) in [7, 11) is -3.43. The molecule has 94 valence electrons. The van der Waals surface area contributed by atoms with Crippen molar-refractivity contribution in [1.82, 2.24) is 4.90 Å². The first-order valence-electron chi connectivity index (χ1n) is 4.79. The molecule has 16 heavy (non-hydrogen) atoms. The van der Waals surface area contributed by atoms with E-state index in [1.807, 2.05) is 4.90 Å². The number of sulfonamides is 1. The highest BCUT2D eigenvalue weighted by Crippen LogP contribution is 2.23. The first-order chi connectivity index (χ1) is 7.20. The minimum Gasteiger partial charge on any atom is -0.480 e. The van der Waals surface area contributed by atoms with E-state index in [4.69, 9.17) is 15.0 Å². The molecule has 1 aliphatic rings. The first-order valence-corrected chi connectivity index (χ1v) is 6.50. The Labute approximate surface area is 94.2 Å². The minimum atomic E-state index is -3.43. The van der Waals surface area contributed by atoms with Crippen LogP contribution in [0.4, 0.5) is 0 Å². The van der Waals surface area contributed by atoms with Crippen molar-refractivity contribution >= 4 is 16.0 Å². The molecule has 1 fully saturated rings. The van der Waals surface area contributed by atoms with Crippen molar-refractivity contribution in [2.24, 2.45) is 5.14 Å². The zero-order valence-electron chi connectivity index (χ0n) is 9.05. The van der Waals surface area contributed by atoms with E-state index in [0.717, 1.165) is 0 Å². The molecule has 0 radical (unpaired) electrons. The quantitative estimate of drug-likeness (QED) is 0.592. The summed E-state index contributed by atoms with van der Waals surface area (Å²) in [5, 5.41) is 13.3. The molecule has 1 rings (SSSR count). The van der Waals surface area contributed by atoms with Crippen LogP contribution in [0.15, 0.2) is 0 Å². The number of primary sulfonamides is 1. The highest BCUT2D eigenvalue weighted by Gasteiger charge is 2.40.